The van der Waals surface area contributed by atoms with Gasteiger partial charge in [0, 0.05) is 25.7 Å². The van der Waals surface area contributed by atoms with E-state index < -0.39 is 0 Å². The summed E-state index contributed by atoms with van der Waals surface area (Å²) < 4.78 is 5.21. The van der Waals surface area contributed by atoms with E-state index in [0.29, 0.717) is 17.8 Å². The summed E-state index contributed by atoms with van der Waals surface area (Å²) in [5.74, 6) is 2.41. The van der Waals surface area contributed by atoms with Gasteiger partial charge in [-0.2, -0.15) is 0 Å². The van der Waals surface area contributed by atoms with Gasteiger partial charge in [-0.3, -0.25) is 4.57 Å². The van der Waals surface area contributed by atoms with E-state index in [0.717, 1.165) is 16.9 Å². The van der Waals surface area contributed by atoms with Crippen LogP contribution in [-0.4, -0.2) is 9.55 Å². The molecule has 3 heteroatoms. The molecule has 0 amide bonds. The number of thiophene rings is 1. The van der Waals surface area contributed by atoms with E-state index in [1.54, 1.807) is 0 Å². The molecule has 0 unspecified atom stereocenters. The summed E-state index contributed by atoms with van der Waals surface area (Å²) in [6.45, 7) is 9.31. The smallest absolute Gasteiger partial charge is 0.147 e. The van der Waals surface area contributed by atoms with E-state index in [2.05, 4.69) is 135 Å². The predicted molar refractivity (Wildman–Crippen MR) is 199 cm³/mol. The standard InChI is InChI=1S/C43H42N2S/c1-27(2)36-24-32(30-16-9-6-10-17-30)25-37(28(3)4)41(36)45-39-21-12-11-20-38(39)44-43(45)35-19-13-18-34-33-23-22-31(26-40(33)46-42(34)35)29-14-7-5-8-15-29/h6,9-13,16-29H,5,7-8,14-15H2,1-4H3. The Bertz CT molecular complexity index is 2160. The lowest BCUT2D eigenvalue weighted by atomic mass is 9.84. The van der Waals surface area contributed by atoms with Crippen LogP contribution in [0, 0.1) is 0 Å². The van der Waals surface area contributed by atoms with E-state index in [9.17, 15) is 0 Å². The SMILES string of the molecule is CC(C)c1cc(-c2ccccc2)cc(C(C)C)c1-n1c(-c2cccc3c2sc2cc(C4CCCCC4)ccc23)nc2ccccc21. The molecular formula is C43H42N2S. The molecule has 0 N–H and O–H groups in total. The summed E-state index contributed by atoms with van der Waals surface area (Å²) in [7, 11) is 0. The third-order valence-corrected chi connectivity index (χ3v) is 11.3. The number of para-hydroxylation sites is 2. The van der Waals surface area contributed by atoms with Crippen molar-refractivity contribution < 1.29 is 0 Å². The van der Waals surface area contributed by atoms with Crippen molar-refractivity contribution in [3.8, 4) is 28.2 Å². The highest BCUT2D eigenvalue weighted by molar-refractivity contribution is 7.26. The van der Waals surface area contributed by atoms with Crippen LogP contribution < -0.4 is 0 Å². The van der Waals surface area contributed by atoms with Crippen LogP contribution in [0.25, 0.3) is 59.4 Å². The number of nitrogens with zero attached hydrogens (tertiary/aromatic N) is 2. The number of imidazole rings is 1. The minimum absolute atomic E-state index is 0.337. The Kier molecular flexibility index (Phi) is 7.53. The minimum atomic E-state index is 0.337. The fraction of sp³-hybridized carbons (Fsp3) is 0.279. The first-order valence-corrected chi connectivity index (χ1v) is 18.0. The summed E-state index contributed by atoms with van der Waals surface area (Å²) in [6, 6.07) is 38.5. The fourth-order valence-electron chi connectivity index (χ4n) is 7.73. The first-order valence-electron chi connectivity index (χ1n) is 17.1. The molecule has 2 aromatic heterocycles. The molecule has 1 fully saturated rings. The van der Waals surface area contributed by atoms with Gasteiger partial charge < -0.3 is 0 Å². The average Bonchev–Trinajstić information content (AvgIpc) is 3.66. The summed E-state index contributed by atoms with van der Waals surface area (Å²) in [5.41, 5.74) is 11.5. The first kappa shape index (κ1) is 29.2. The molecule has 2 nitrogen and oxygen atoms in total. The molecule has 5 aromatic carbocycles. The Hall–Kier alpha value is -4.21. The van der Waals surface area contributed by atoms with Crippen LogP contribution in [0.2, 0.25) is 0 Å². The zero-order chi connectivity index (χ0) is 31.4. The van der Waals surface area contributed by atoms with Crippen LogP contribution in [0.4, 0.5) is 0 Å². The molecule has 230 valence electrons. The van der Waals surface area contributed by atoms with Gasteiger partial charge in [0.1, 0.15) is 5.82 Å². The van der Waals surface area contributed by atoms with Crippen molar-refractivity contribution in [1.29, 1.82) is 0 Å². The van der Waals surface area contributed by atoms with E-state index >= 15 is 0 Å². The van der Waals surface area contributed by atoms with Gasteiger partial charge in [0.05, 0.1) is 16.7 Å². The summed E-state index contributed by atoms with van der Waals surface area (Å²) in [5, 5.41) is 2.70. The Morgan fingerprint density at radius 3 is 2.13 bits per heavy atom. The van der Waals surface area contributed by atoms with E-state index in [4.69, 9.17) is 4.98 Å². The number of aromatic nitrogens is 2. The third kappa shape index (κ3) is 4.97. The third-order valence-electron chi connectivity index (χ3n) is 10.1. The molecule has 1 aliphatic rings. The van der Waals surface area contributed by atoms with Crippen LogP contribution >= 0.6 is 11.3 Å². The second-order valence-corrected chi connectivity index (χ2v) is 14.9. The number of benzene rings is 5. The van der Waals surface area contributed by atoms with Crippen LogP contribution in [0.1, 0.15) is 94.2 Å². The molecule has 0 saturated heterocycles. The van der Waals surface area contributed by atoms with Crippen molar-refractivity contribution in [3.63, 3.8) is 0 Å². The van der Waals surface area contributed by atoms with Gasteiger partial charge in [-0.1, -0.05) is 114 Å². The van der Waals surface area contributed by atoms with Crippen LogP contribution in [0.5, 0.6) is 0 Å². The van der Waals surface area contributed by atoms with Crippen molar-refractivity contribution in [3.05, 3.63) is 120 Å². The van der Waals surface area contributed by atoms with E-state index in [1.807, 2.05) is 11.3 Å². The van der Waals surface area contributed by atoms with Crippen molar-refractivity contribution in [1.82, 2.24) is 9.55 Å². The lowest BCUT2D eigenvalue weighted by molar-refractivity contribution is 0.444. The van der Waals surface area contributed by atoms with Gasteiger partial charge >= 0.3 is 0 Å². The van der Waals surface area contributed by atoms with Gasteiger partial charge in [0.2, 0.25) is 0 Å². The summed E-state index contributed by atoms with van der Waals surface area (Å²) >= 11 is 1.94. The molecule has 0 spiro atoms. The van der Waals surface area contributed by atoms with Crippen LogP contribution in [0.15, 0.2) is 103 Å². The molecule has 46 heavy (non-hydrogen) atoms. The topological polar surface area (TPSA) is 17.8 Å². The predicted octanol–water partition coefficient (Wildman–Crippen LogP) is 13.0. The zero-order valence-corrected chi connectivity index (χ0v) is 28.2. The van der Waals surface area contributed by atoms with Crippen LogP contribution in [-0.2, 0) is 0 Å². The van der Waals surface area contributed by atoms with Crippen molar-refractivity contribution in [2.75, 3.05) is 0 Å². The molecule has 2 heterocycles. The Morgan fingerprint density at radius 1 is 0.674 bits per heavy atom. The highest BCUT2D eigenvalue weighted by Gasteiger charge is 2.25. The van der Waals surface area contributed by atoms with Gasteiger partial charge in [-0.15, -0.1) is 11.3 Å². The second kappa shape index (κ2) is 11.9. The Balaban J connectivity index is 1.39. The maximum absolute atomic E-state index is 5.42. The lowest BCUT2D eigenvalue weighted by Gasteiger charge is -2.24. The maximum atomic E-state index is 5.42. The molecular weight excluding hydrogens is 577 g/mol. The number of fused-ring (bicyclic) bond motifs is 4. The summed E-state index contributed by atoms with van der Waals surface area (Å²) in [4.78, 5) is 5.42. The van der Waals surface area contributed by atoms with Crippen molar-refractivity contribution in [2.45, 2.75) is 77.6 Å². The van der Waals surface area contributed by atoms with Gasteiger partial charge in [0.15, 0.2) is 0 Å². The Labute approximate surface area is 276 Å². The van der Waals surface area contributed by atoms with E-state index in [1.165, 1.54) is 91.3 Å². The zero-order valence-electron chi connectivity index (χ0n) is 27.4. The highest BCUT2D eigenvalue weighted by Crippen LogP contribution is 2.45. The quantitative estimate of drug-likeness (QED) is 0.181. The van der Waals surface area contributed by atoms with Gasteiger partial charge in [0.25, 0.3) is 0 Å². The normalized spacial score (nSPS) is 14.4. The summed E-state index contributed by atoms with van der Waals surface area (Å²) in [6.07, 6.45) is 6.76. The number of hydrogen-bond acceptors (Lipinski definition) is 2. The van der Waals surface area contributed by atoms with Crippen molar-refractivity contribution in [2.24, 2.45) is 0 Å². The molecule has 0 atom stereocenters. The van der Waals surface area contributed by atoms with E-state index in [-0.39, 0.29) is 0 Å². The molecule has 0 bridgehead atoms. The number of rotatable bonds is 6. The van der Waals surface area contributed by atoms with Crippen LogP contribution in [0.3, 0.4) is 0 Å². The van der Waals surface area contributed by atoms with Crippen molar-refractivity contribution >= 4 is 42.5 Å². The van der Waals surface area contributed by atoms with Gasteiger partial charge in [-0.05, 0) is 94.8 Å². The lowest BCUT2D eigenvalue weighted by Crippen LogP contribution is -2.09. The largest absolute Gasteiger partial charge is 0.292 e. The highest BCUT2D eigenvalue weighted by atomic mass is 32.1. The maximum Gasteiger partial charge on any atom is 0.147 e. The molecule has 1 saturated carbocycles. The fourth-order valence-corrected chi connectivity index (χ4v) is 8.99. The number of hydrogen-bond donors (Lipinski definition) is 0. The molecule has 8 rings (SSSR count). The second-order valence-electron chi connectivity index (χ2n) is 13.8. The molecule has 0 aliphatic heterocycles. The minimum Gasteiger partial charge on any atom is -0.292 e. The first-order chi connectivity index (χ1) is 22.5. The monoisotopic (exact) mass is 618 g/mol. The van der Waals surface area contributed by atoms with Gasteiger partial charge in [-0.25, -0.2) is 4.98 Å². The molecule has 1 aliphatic carbocycles. The average molecular weight is 619 g/mol. The molecule has 7 aromatic rings. The Morgan fingerprint density at radius 2 is 1.39 bits per heavy atom. The molecule has 0 radical (unpaired) electrons.